The topological polar surface area (TPSA) is 44.8 Å². The van der Waals surface area contributed by atoms with Gasteiger partial charge in [-0.15, -0.1) is 0 Å². The van der Waals surface area contributed by atoms with E-state index in [9.17, 15) is 17.7 Å². The molecule has 0 N–H and O–H groups in total. The van der Waals surface area contributed by atoms with E-state index in [4.69, 9.17) is 4.52 Å². The smallest absolute Gasteiger partial charge is 0.403 e. The lowest BCUT2D eigenvalue weighted by Crippen LogP contribution is -2.15. The Hall–Kier alpha value is -1.04. The molecule has 0 aromatic heterocycles. The first kappa shape index (κ1) is 18.0. The van der Waals surface area contributed by atoms with Crippen LogP contribution in [-0.4, -0.2) is 14.2 Å². The van der Waals surface area contributed by atoms with Crippen molar-refractivity contribution in [2.24, 2.45) is 0 Å². The van der Waals surface area contributed by atoms with Crippen molar-refractivity contribution in [3.63, 3.8) is 0 Å². The minimum Gasteiger partial charge on any atom is -0.403 e. The summed E-state index contributed by atoms with van der Waals surface area (Å²) in [6.07, 6.45) is -4.65. The lowest BCUT2D eigenvalue weighted by molar-refractivity contribution is -0.138. The summed E-state index contributed by atoms with van der Waals surface area (Å²) in [5.41, 5.74) is -1.01. The molecule has 0 spiro atoms. The monoisotopic (exact) mass is 326 g/mol. The third-order valence-corrected chi connectivity index (χ3v) is 4.12. The summed E-state index contributed by atoms with van der Waals surface area (Å²) in [4.78, 5) is 0. The number of hydrogen-bond donors (Lipinski definition) is 0. The second-order valence-corrected chi connectivity index (χ2v) is 7.17. The van der Waals surface area contributed by atoms with Gasteiger partial charge in [-0.3, -0.25) is 9.05 Å². The van der Waals surface area contributed by atoms with Crippen LogP contribution in [0.3, 0.4) is 0 Å². The van der Waals surface area contributed by atoms with E-state index in [0.29, 0.717) is 5.56 Å². The van der Waals surface area contributed by atoms with E-state index < -0.39 is 30.7 Å². The van der Waals surface area contributed by atoms with Gasteiger partial charge in [0.05, 0.1) is 5.56 Å². The van der Waals surface area contributed by atoms with Crippen molar-refractivity contribution in [3.05, 3.63) is 29.3 Å². The summed E-state index contributed by atoms with van der Waals surface area (Å²) in [6.45, 7) is 5.37. The quantitative estimate of drug-likeness (QED) is 0.747. The van der Waals surface area contributed by atoms with Gasteiger partial charge >= 0.3 is 14.0 Å². The zero-order chi connectivity index (χ0) is 16.5. The SMILES string of the molecule is COP(=O)(OC)Oc1ccc(C(C)(C)C)cc1C(F)(F)F. The Morgan fingerprint density at radius 1 is 1.05 bits per heavy atom. The molecule has 120 valence electrons. The third kappa shape index (κ3) is 4.46. The Morgan fingerprint density at radius 2 is 1.57 bits per heavy atom. The van der Waals surface area contributed by atoms with Crippen LogP contribution in [0.5, 0.6) is 5.75 Å². The van der Waals surface area contributed by atoms with E-state index in [1.165, 1.54) is 6.07 Å². The van der Waals surface area contributed by atoms with Crippen LogP contribution in [0.2, 0.25) is 0 Å². The first-order chi connectivity index (χ1) is 9.43. The summed E-state index contributed by atoms with van der Waals surface area (Å²) >= 11 is 0. The number of phosphoric ester groups is 1. The molecule has 0 aliphatic carbocycles. The van der Waals surface area contributed by atoms with Gasteiger partial charge in [0.1, 0.15) is 5.75 Å². The van der Waals surface area contributed by atoms with Crippen molar-refractivity contribution < 1.29 is 31.3 Å². The third-order valence-electron chi connectivity index (χ3n) is 2.81. The van der Waals surface area contributed by atoms with Gasteiger partial charge < -0.3 is 4.52 Å². The van der Waals surface area contributed by atoms with Gasteiger partial charge in [-0.1, -0.05) is 26.8 Å². The van der Waals surface area contributed by atoms with Crippen LogP contribution < -0.4 is 4.52 Å². The fourth-order valence-electron chi connectivity index (χ4n) is 1.57. The van der Waals surface area contributed by atoms with Crippen molar-refractivity contribution in [1.29, 1.82) is 0 Å². The van der Waals surface area contributed by atoms with Crippen molar-refractivity contribution >= 4 is 7.82 Å². The highest BCUT2D eigenvalue weighted by molar-refractivity contribution is 7.48. The molecule has 0 amide bonds. The predicted octanol–water partition coefficient (Wildman–Crippen LogP) is 4.78. The van der Waals surface area contributed by atoms with Crippen molar-refractivity contribution in [1.82, 2.24) is 0 Å². The van der Waals surface area contributed by atoms with Crippen molar-refractivity contribution in [3.8, 4) is 5.75 Å². The van der Waals surface area contributed by atoms with Gasteiger partial charge in [0.25, 0.3) is 0 Å². The molecule has 0 radical (unpaired) electrons. The molecular formula is C13H18F3O4P. The van der Waals surface area contributed by atoms with Gasteiger partial charge in [0.15, 0.2) is 0 Å². The zero-order valence-electron chi connectivity index (χ0n) is 12.4. The summed E-state index contributed by atoms with van der Waals surface area (Å²) < 4.78 is 65.1. The van der Waals surface area contributed by atoms with Crippen molar-refractivity contribution in [2.45, 2.75) is 32.4 Å². The first-order valence-corrected chi connectivity index (χ1v) is 7.52. The molecule has 1 rings (SSSR count). The maximum atomic E-state index is 13.1. The highest BCUT2D eigenvalue weighted by Gasteiger charge is 2.38. The molecule has 1 aromatic rings. The van der Waals surface area contributed by atoms with Crippen LogP contribution in [0.4, 0.5) is 13.2 Å². The van der Waals surface area contributed by atoms with Gasteiger partial charge in [-0.25, -0.2) is 4.57 Å². The number of benzene rings is 1. The van der Waals surface area contributed by atoms with Crippen LogP contribution in [0, 0.1) is 0 Å². The van der Waals surface area contributed by atoms with E-state index >= 15 is 0 Å². The second-order valence-electron chi connectivity index (χ2n) is 5.36. The van der Waals surface area contributed by atoms with Crippen molar-refractivity contribution in [2.75, 3.05) is 14.2 Å². The second kappa shape index (κ2) is 5.99. The number of halogens is 3. The number of alkyl halides is 3. The summed E-state index contributed by atoms with van der Waals surface area (Å²) in [5, 5.41) is 0. The first-order valence-electron chi connectivity index (χ1n) is 6.06. The normalized spacial score (nSPS) is 13.3. The minimum atomic E-state index is -4.65. The van der Waals surface area contributed by atoms with Crippen LogP contribution in [-0.2, 0) is 25.2 Å². The summed E-state index contributed by atoms with van der Waals surface area (Å²) in [6, 6.07) is 3.58. The molecule has 1 aromatic carbocycles. The van der Waals surface area contributed by atoms with Crippen LogP contribution in [0.1, 0.15) is 31.9 Å². The predicted molar refractivity (Wildman–Crippen MR) is 72.4 cm³/mol. The Morgan fingerprint density at radius 3 is 1.95 bits per heavy atom. The van der Waals surface area contributed by atoms with E-state index in [2.05, 4.69) is 9.05 Å². The van der Waals surface area contributed by atoms with Crippen LogP contribution in [0.15, 0.2) is 18.2 Å². The Kier molecular flexibility index (Phi) is 5.13. The van der Waals surface area contributed by atoms with E-state index in [-0.39, 0.29) is 0 Å². The summed E-state index contributed by atoms with van der Waals surface area (Å²) in [5.74, 6) is -0.595. The fraction of sp³-hybridized carbons (Fsp3) is 0.538. The molecule has 0 saturated heterocycles. The standard InChI is InChI=1S/C13H18F3O4P/c1-12(2,3)9-6-7-11(10(8-9)13(14,15)16)20-21(17,18-4)19-5/h6-8H,1-5H3. The number of rotatable bonds is 4. The van der Waals surface area contributed by atoms with E-state index in [0.717, 1.165) is 26.4 Å². The molecule has 0 saturated carbocycles. The highest BCUT2D eigenvalue weighted by atomic mass is 31.2. The largest absolute Gasteiger partial charge is 0.529 e. The lowest BCUT2D eigenvalue weighted by atomic mass is 9.86. The van der Waals surface area contributed by atoms with Crippen LogP contribution >= 0.6 is 7.82 Å². The number of hydrogen-bond acceptors (Lipinski definition) is 4. The highest BCUT2D eigenvalue weighted by Crippen LogP contribution is 2.51. The molecule has 8 heteroatoms. The average molecular weight is 326 g/mol. The molecule has 0 unspecified atom stereocenters. The number of phosphoric acid groups is 1. The Bertz CT molecular complexity index is 541. The molecule has 4 nitrogen and oxygen atoms in total. The van der Waals surface area contributed by atoms with Gasteiger partial charge in [-0.2, -0.15) is 13.2 Å². The Balaban J connectivity index is 3.37. The molecule has 0 bridgehead atoms. The minimum absolute atomic E-state index is 0.468. The maximum Gasteiger partial charge on any atom is 0.529 e. The summed E-state index contributed by atoms with van der Waals surface area (Å²) in [7, 11) is -2.00. The van der Waals surface area contributed by atoms with Crippen LogP contribution in [0.25, 0.3) is 0 Å². The maximum absolute atomic E-state index is 13.1. The lowest BCUT2D eigenvalue weighted by Gasteiger charge is -2.23. The Labute approximate surface area is 121 Å². The molecular weight excluding hydrogens is 308 g/mol. The molecule has 0 aliphatic heterocycles. The van der Waals surface area contributed by atoms with Gasteiger partial charge in [0.2, 0.25) is 0 Å². The molecule has 21 heavy (non-hydrogen) atoms. The van der Waals surface area contributed by atoms with E-state index in [1.807, 2.05) is 0 Å². The molecule has 0 atom stereocenters. The zero-order valence-corrected chi connectivity index (χ0v) is 13.3. The van der Waals surface area contributed by atoms with Gasteiger partial charge in [0, 0.05) is 14.2 Å². The van der Waals surface area contributed by atoms with E-state index in [1.54, 1.807) is 20.8 Å². The molecule has 0 heterocycles. The van der Waals surface area contributed by atoms with Gasteiger partial charge in [-0.05, 0) is 23.1 Å². The molecule has 0 fully saturated rings. The molecule has 0 aliphatic rings. The fourth-order valence-corrected chi connectivity index (χ4v) is 2.27. The average Bonchev–Trinajstić information content (AvgIpc) is 2.36.